The summed E-state index contributed by atoms with van der Waals surface area (Å²) < 4.78 is 5.95. The number of alkyl halides is 1. The Bertz CT molecular complexity index is 960. The Labute approximate surface area is 233 Å². The van der Waals surface area contributed by atoms with Gasteiger partial charge in [-0.1, -0.05) is 64.4 Å². The molecule has 37 heavy (non-hydrogen) atoms. The van der Waals surface area contributed by atoms with Crippen molar-refractivity contribution in [2.75, 3.05) is 0 Å². The molecule has 5 aliphatic carbocycles. The number of aliphatic carboxylic acids is 1. The van der Waals surface area contributed by atoms with Crippen LogP contribution in [0.1, 0.15) is 113 Å². The van der Waals surface area contributed by atoms with Crippen LogP contribution in [0.2, 0.25) is 0 Å². The molecule has 5 unspecified atom stereocenters. The lowest BCUT2D eigenvalue weighted by atomic mass is 9.32. The van der Waals surface area contributed by atoms with Crippen molar-refractivity contribution in [3.8, 4) is 0 Å². The molecule has 0 aromatic carbocycles. The van der Waals surface area contributed by atoms with Gasteiger partial charge in [-0.25, -0.2) is 0 Å². The fourth-order valence-corrected chi connectivity index (χ4v) is 13.7. The van der Waals surface area contributed by atoms with Crippen molar-refractivity contribution in [1.82, 2.24) is 0 Å². The van der Waals surface area contributed by atoms with Gasteiger partial charge < -0.3 is 9.84 Å². The largest absolute Gasteiger partial charge is 0.481 e. The minimum absolute atomic E-state index is 0.0921. The number of hydrogen-bond acceptors (Lipinski definition) is 3. The van der Waals surface area contributed by atoms with E-state index >= 15 is 0 Å². The van der Waals surface area contributed by atoms with Crippen LogP contribution in [0.3, 0.4) is 0 Å². The first-order valence-electron chi connectivity index (χ1n) is 15.1. The lowest BCUT2D eigenvalue weighted by molar-refractivity contribution is -0.250. The van der Waals surface area contributed by atoms with Gasteiger partial charge in [0, 0.05) is 12.3 Å². The Morgan fingerprint density at radius 2 is 1.57 bits per heavy atom. The Morgan fingerprint density at radius 1 is 0.892 bits per heavy atom. The maximum Gasteiger partial charge on any atom is 0.309 e. The Balaban J connectivity index is 1.54. The van der Waals surface area contributed by atoms with E-state index in [1.807, 2.05) is 0 Å². The fraction of sp³-hybridized carbons (Fsp3) is 0.938. The zero-order chi connectivity index (χ0) is 27.3. The maximum atomic E-state index is 12.9. The van der Waals surface area contributed by atoms with E-state index in [0.29, 0.717) is 35.5 Å². The van der Waals surface area contributed by atoms with Gasteiger partial charge in [0.1, 0.15) is 6.10 Å². The van der Waals surface area contributed by atoms with E-state index < -0.39 is 11.4 Å². The topological polar surface area (TPSA) is 63.6 Å². The molecule has 0 saturated heterocycles. The van der Waals surface area contributed by atoms with Crippen molar-refractivity contribution in [2.45, 2.75) is 124 Å². The van der Waals surface area contributed by atoms with Crippen LogP contribution < -0.4 is 0 Å². The van der Waals surface area contributed by atoms with Crippen molar-refractivity contribution in [3.63, 3.8) is 0 Å². The average molecular weight is 580 g/mol. The second-order valence-corrected chi connectivity index (χ2v) is 16.8. The van der Waals surface area contributed by atoms with Gasteiger partial charge in [-0.05, 0) is 110 Å². The van der Waals surface area contributed by atoms with Crippen LogP contribution in [0.15, 0.2) is 0 Å². The number of hydrogen-bond donors (Lipinski definition) is 1. The van der Waals surface area contributed by atoms with Crippen LogP contribution in [0, 0.1) is 62.6 Å². The zero-order valence-electron chi connectivity index (χ0n) is 24.5. The molecule has 0 aliphatic heterocycles. The normalized spacial score (nSPS) is 52.4. The highest BCUT2D eigenvalue weighted by Gasteiger charge is 2.72. The van der Waals surface area contributed by atoms with Crippen LogP contribution in [-0.4, -0.2) is 28.0 Å². The quantitative estimate of drug-likeness (QED) is 0.271. The summed E-state index contributed by atoms with van der Waals surface area (Å²) in [4.78, 5) is 25.1. The Kier molecular flexibility index (Phi) is 6.58. The molecule has 5 rings (SSSR count). The molecule has 0 radical (unpaired) electrons. The second-order valence-electron chi connectivity index (χ2n) is 15.7. The number of ether oxygens (including phenoxy) is 1. The average Bonchev–Trinajstić information content (AvgIpc) is 3.18. The molecular formula is C32H51BrO4. The molecule has 0 aromatic rings. The smallest absolute Gasteiger partial charge is 0.309 e. The number of esters is 1. The van der Waals surface area contributed by atoms with Gasteiger partial charge in [-0.2, -0.15) is 0 Å². The summed E-state index contributed by atoms with van der Waals surface area (Å²) >= 11 is 4.01. The third kappa shape index (κ3) is 3.56. The molecule has 0 aromatic heterocycles. The standard InChI is InChI=1S/C32H51BrO4/c1-18(2)20-11-14-32(27(35)36)16-15-30(7)21(25(20)32)9-10-24-29(6)17-22(33)26(37-19(3)34)28(4,5)23(29)12-13-31(24,30)8/h18,20-26H,9-17H2,1-8H3,(H,35,36)/t20?,21-,22?,23+,24?,25?,26+,29+,30-,31-,32?/m1/s1. The SMILES string of the molecule is CC(=O)O[C@H]1C(Br)C[C@]2(C)C3CC[C@@H]4C5C(C(C)C)CCC5(C(=O)O)CC[C@@]4(C)[C@]3(C)CC[C@H]2C1(C)C. The molecule has 1 N–H and O–H groups in total. The molecule has 5 fully saturated rings. The van der Waals surface area contributed by atoms with Gasteiger partial charge in [0.25, 0.3) is 0 Å². The summed E-state index contributed by atoms with van der Waals surface area (Å²) in [7, 11) is 0. The summed E-state index contributed by atoms with van der Waals surface area (Å²) in [5.41, 5.74) is -0.0555. The lowest BCUT2D eigenvalue weighted by Crippen LogP contribution is -2.68. The van der Waals surface area contributed by atoms with Crippen molar-refractivity contribution in [3.05, 3.63) is 0 Å². The number of carboxylic acids is 1. The van der Waals surface area contributed by atoms with Crippen molar-refractivity contribution < 1.29 is 19.4 Å². The number of fused-ring (bicyclic) bond motifs is 7. The highest BCUT2D eigenvalue weighted by atomic mass is 79.9. The highest BCUT2D eigenvalue weighted by molar-refractivity contribution is 9.09. The number of halogens is 1. The van der Waals surface area contributed by atoms with Gasteiger partial charge in [0.15, 0.2) is 0 Å². The van der Waals surface area contributed by atoms with Crippen LogP contribution in [0.25, 0.3) is 0 Å². The van der Waals surface area contributed by atoms with Crippen molar-refractivity contribution in [1.29, 1.82) is 0 Å². The van der Waals surface area contributed by atoms with Crippen molar-refractivity contribution in [2.24, 2.45) is 62.6 Å². The van der Waals surface area contributed by atoms with Crippen LogP contribution in [0.4, 0.5) is 0 Å². The Hall–Kier alpha value is -0.580. The molecule has 5 heteroatoms. The van der Waals surface area contributed by atoms with E-state index in [0.717, 1.165) is 32.1 Å². The minimum Gasteiger partial charge on any atom is -0.481 e. The number of carboxylic acid groups (broad SMARTS) is 1. The maximum absolute atomic E-state index is 12.9. The van der Waals surface area contributed by atoms with Crippen LogP contribution in [-0.2, 0) is 14.3 Å². The molecule has 5 aliphatic rings. The molecule has 11 atom stereocenters. The molecule has 0 heterocycles. The van der Waals surface area contributed by atoms with E-state index in [-0.39, 0.29) is 38.6 Å². The van der Waals surface area contributed by atoms with E-state index in [1.54, 1.807) is 0 Å². The van der Waals surface area contributed by atoms with E-state index in [1.165, 1.54) is 32.6 Å². The molecule has 0 bridgehead atoms. The Morgan fingerprint density at radius 3 is 2.16 bits per heavy atom. The monoisotopic (exact) mass is 578 g/mol. The van der Waals surface area contributed by atoms with Gasteiger partial charge in [0.05, 0.1) is 10.2 Å². The number of rotatable bonds is 3. The number of carbonyl (C=O) groups is 2. The predicted octanol–water partition coefficient (Wildman–Crippen LogP) is 8.11. The summed E-state index contributed by atoms with van der Waals surface area (Å²) in [6.07, 6.45) is 9.54. The summed E-state index contributed by atoms with van der Waals surface area (Å²) in [6.45, 7) is 18.6. The van der Waals surface area contributed by atoms with Crippen molar-refractivity contribution >= 4 is 27.9 Å². The molecule has 0 spiro atoms. The lowest BCUT2D eigenvalue weighted by Gasteiger charge is -2.73. The van der Waals surface area contributed by atoms with Gasteiger partial charge >= 0.3 is 11.9 Å². The first-order chi connectivity index (χ1) is 17.1. The molecule has 0 amide bonds. The first-order valence-corrected chi connectivity index (χ1v) is 16.0. The summed E-state index contributed by atoms with van der Waals surface area (Å²) in [6, 6.07) is 0. The van der Waals surface area contributed by atoms with Gasteiger partial charge in [0.2, 0.25) is 0 Å². The highest BCUT2D eigenvalue weighted by Crippen LogP contribution is 2.77. The molecule has 4 nitrogen and oxygen atoms in total. The fourth-order valence-electron chi connectivity index (χ4n) is 12.2. The summed E-state index contributed by atoms with van der Waals surface area (Å²) in [5, 5.41) is 10.6. The molecular weight excluding hydrogens is 528 g/mol. The van der Waals surface area contributed by atoms with E-state index in [4.69, 9.17) is 4.74 Å². The minimum atomic E-state index is -0.515. The van der Waals surface area contributed by atoms with Gasteiger partial charge in [-0.3, -0.25) is 9.59 Å². The summed E-state index contributed by atoms with van der Waals surface area (Å²) in [5.74, 6) is 2.29. The zero-order valence-corrected chi connectivity index (χ0v) is 26.1. The molecule has 5 saturated carbocycles. The van der Waals surface area contributed by atoms with Crippen LogP contribution >= 0.6 is 15.9 Å². The van der Waals surface area contributed by atoms with Gasteiger partial charge in [-0.15, -0.1) is 0 Å². The van der Waals surface area contributed by atoms with E-state index in [2.05, 4.69) is 64.4 Å². The molecule has 210 valence electrons. The predicted molar refractivity (Wildman–Crippen MR) is 150 cm³/mol. The third-order valence-electron chi connectivity index (χ3n) is 13.9. The third-order valence-corrected chi connectivity index (χ3v) is 14.7. The second kappa shape index (κ2) is 8.71. The van der Waals surface area contributed by atoms with E-state index in [9.17, 15) is 14.7 Å². The first kappa shape index (κ1) is 28.0. The van der Waals surface area contributed by atoms with Crippen LogP contribution in [0.5, 0.6) is 0 Å². The number of carbonyl (C=O) groups excluding carboxylic acids is 1.